The van der Waals surface area contributed by atoms with Crippen LogP contribution in [-0.2, 0) is 6.54 Å². The number of hydrogen-bond donors (Lipinski definition) is 1. The minimum Gasteiger partial charge on any atom is -0.497 e. The van der Waals surface area contributed by atoms with E-state index in [0.29, 0.717) is 6.54 Å². The highest BCUT2D eigenvalue weighted by molar-refractivity contribution is 5.80. The SMILES string of the molecule is COc1ccc(-c2nc3ccccc3n2CC(C)(C)N)cc1. The number of para-hydroxylation sites is 2. The molecule has 0 atom stereocenters. The van der Waals surface area contributed by atoms with Crippen LogP contribution in [0, 0.1) is 0 Å². The molecule has 0 saturated heterocycles. The lowest BCUT2D eigenvalue weighted by Crippen LogP contribution is -2.37. The number of hydrogen-bond acceptors (Lipinski definition) is 3. The molecule has 0 aliphatic heterocycles. The minimum atomic E-state index is -0.315. The first-order valence-electron chi connectivity index (χ1n) is 7.36. The Hall–Kier alpha value is -2.33. The van der Waals surface area contributed by atoms with Gasteiger partial charge in [0.2, 0.25) is 0 Å². The van der Waals surface area contributed by atoms with Gasteiger partial charge in [0.1, 0.15) is 11.6 Å². The Morgan fingerprint density at radius 3 is 2.41 bits per heavy atom. The number of rotatable bonds is 4. The summed E-state index contributed by atoms with van der Waals surface area (Å²) in [7, 11) is 1.67. The molecule has 4 nitrogen and oxygen atoms in total. The van der Waals surface area contributed by atoms with Crippen molar-refractivity contribution < 1.29 is 4.74 Å². The van der Waals surface area contributed by atoms with Crippen molar-refractivity contribution in [1.29, 1.82) is 0 Å². The molecule has 0 bridgehead atoms. The molecule has 0 fully saturated rings. The Morgan fingerprint density at radius 1 is 1.09 bits per heavy atom. The summed E-state index contributed by atoms with van der Waals surface area (Å²) < 4.78 is 7.42. The molecule has 1 aromatic heterocycles. The highest BCUT2D eigenvalue weighted by Crippen LogP contribution is 2.27. The molecule has 114 valence electrons. The predicted octanol–water partition coefficient (Wildman–Crippen LogP) is 3.45. The van der Waals surface area contributed by atoms with Crippen molar-refractivity contribution in [3.8, 4) is 17.1 Å². The van der Waals surface area contributed by atoms with E-state index in [1.807, 2.05) is 56.3 Å². The molecule has 2 N–H and O–H groups in total. The van der Waals surface area contributed by atoms with Gasteiger partial charge >= 0.3 is 0 Å². The molecule has 3 rings (SSSR count). The molecular weight excluding hydrogens is 274 g/mol. The molecule has 3 aromatic rings. The highest BCUT2D eigenvalue weighted by Gasteiger charge is 2.18. The molecule has 0 amide bonds. The van der Waals surface area contributed by atoms with Gasteiger partial charge in [-0.15, -0.1) is 0 Å². The fraction of sp³-hybridized carbons (Fsp3) is 0.278. The van der Waals surface area contributed by atoms with Gasteiger partial charge in [-0.25, -0.2) is 4.98 Å². The fourth-order valence-electron chi connectivity index (χ4n) is 2.60. The van der Waals surface area contributed by atoms with Gasteiger partial charge in [0.25, 0.3) is 0 Å². The number of nitrogens with zero attached hydrogens (tertiary/aromatic N) is 2. The third-order valence-electron chi connectivity index (χ3n) is 3.57. The number of ether oxygens (including phenoxy) is 1. The molecule has 0 unspecified atom stereocenters. The molecule has 0 aliphatic carbocycles. The van der Waals surface area contributed by atoms with Gasteiger partial charge in [0, 0.05) is 17.6 Å². The summed E-state index contributed by atoms with van der Waals surface area (Å²) in [5, 5.41) is 0. The molecule has 0 spiro atoms. The van der Waals surface area contributed by atoms with Gasteiger partial charge in [-0.1, -0.05) is 12.1 Å². The third-order valence-corrected chi connectivity index (χ3v) is 3.57. The molecule has 4 heteroatoms. The summed E-state index contributed by atoms with van der Waals surface area (Å²) in [6, 6.07) is 16.1. The van der Waals surface area contributed by atoms with E-state index in [9.17, 15) is 0 Å². The first-order valence-corrected chi connectivity index (χ1v) is 7.36. The molecular formula is C18H21N3O. The zero-order valence-electron chi connectivity index (χ0n) is 13.2. The molecule has 2 aromatic carbocycles. The van der Waals surface area contributed by atoms with E-state index < -0.39 is 0 Å². The van der Waals surface area contributed by atoms with Crippen LogP contribution in [-0.4, -0.2) is 22.2 Å². The van der Waals surface area contributed by atoms with Crippen LogP contribution in [0.5, 0.6) is 5.75 Å². The predicted molar refractivity (Wildman–Crippen MR) is 90.0 cm³/mol. The van der Waals surface area contributed by atoms with E-state index in [0.717, 1.165) is 28.2 Å². The summed E-state index contributed by atoms with van der Waals surface area (Å²) >= 11 is 0. The second-order valence-electron chi connectivity index (χ2n) is 6.23. The first kappa shape index (κ1) is 14.6. The van der Waals surface area contributed by atoms with Gasteiger partial charge < -0.3 is 15.0 Å². The van der Waals surface area contributed by atoms with Crippen molar-refractivity contribution >= 4 is 11.0 Å². The molecule has 22 heavy (non-hydrogen) atoms. The first-order chi connectivity index (χ1) is 10.5. The van der Waals surface area contributed by atoms with Gasteiger partial charge in [0.15, 0.2) is 0 Å². The number of methoxy groups -OCH3 is 1. The summed E-state index contributed by atoms with van der Waals surface area (Å²) in [6.07, 6.45) is 0. The Bertz CT molecular complexity index is 782. The van der Waals surface area contributed by atoms with Crippen molar-refractivity contribution in [2.45, 2.75) is 25.9 Å². The van der Waals surface area contributed by atoms with Gasteiger partial charge in [-0.2, -0.15) is 0 Å². The summed E-state index contributed by atoms with van der Waals surface area (Å²) in [6.45, 7) is 4.76. The van der Waals surface area contributed by atoms with E-state index in [-0.39, 0.29) is 5.54 Å². The van der Waals surface area contributed by atoms with E-state index in [2.05, 4.69) is 10.6 Å². The average molecular weight is 295 g/mol. The second-order valence-corrected chi connectivity index (χ2v) is 6.23. The number of aromatic nitrogens is 2. The van der Waals surface area contributed by atoms with Crippen LogP contribution in [0.25, 0.3) is 22.4 Å². The molecule has 1 heterocycles. The maximum Gasteiger partial charge on any atom is 0.141 e. The zero-order valence-corrected chi connectivity index (χ0v) is 13.2. The Morgan fingerprint density at radius 2 is 1.77 bits per heavy atom. The Labute approximate surface area is 130 Å². The lowest BCUT2D eigenvalue weighted by Gasteiger charge is -2.21. The summed E-state index contributed by atoms with van der Waals surface area (Å²) in [5.41, 5.74) is 9.07. The normalized spacial score (nSPS) is 11.8. The fourth-order valence-corrected chi connectivity index (χ4v) is 2.60. The zero-order chi connectivity index (χ0) is 15.7. The third kappa shape index (κ3) is 2.83. The van der Waals surface area contributed by atoms with E-state index >= 15 is 0 Å². The van der Waals surface area contributed by atoms with E-state index in [4.69, 9.17) is 15.5 Å². The minimum absolute atomic E-state index is 0.315. The number of benzene rings is 2. The molecule has 0 aliphatic rings. The van der Waals surface area contributed by atoms with Gasteiger partial charge in [-0.05, 0) is 50.2 Å². The number of nitrogens with two attached hydrogens (primary N) is 1. The Kier molecular flexibility index (Phi) is 3.62. The quantitative estimate of drug-likeness (QED) is 0.802. The van der Waals surface area contributed by atoms with Crippen molar-refractivity contribution in [2.75, 3.05) is 7.11 Å². The largest absolute Gasteiger partial charge is 0.497 e. The van der Waals surface area contributed by atoms with Gasteiger partial charge in [0.05, 0.1) is 18.1 Å². The summed E-state index contributed by atoms with van der Waals surface area (Å²) in [4.78, 5) is 4.79. The lowest BCUT2D eigenvalue weighted by atomic mass is 10.1. The van der Waals surface area contributed by atoms with Crippen molar-refractivity contribution in [3.05, 3.63) is 48.5 Å². The topological polar surface area (TPSA) is 53.1 Å². The van der Waals surface area contributed by atoms with Crippen molar-refractivity contribution in [3.63, 3.8) is 0 Å². The molecule has 0 saturated carbocycles. The van der Waals surface area contributed by atoms with Crippen LogP contribution in [0.2, 0.25) is 0 Å². The lowest BCUT2D eigenvalue weighted by molar-refractivity contribution is 0.415. The van der Waals surface area contributed by atoms with Crippen LogP contribution in [0.1, 0.15) is 13.8 Å². The Balaban J connectivity index is 2.16. The van der Waals surface area contributed by atoms with Crippen molar-refractivity contribution in [2.24, 2.45) is 5.73 Å². The van der Waals surface area contributed by atoms with E-state index in [1.54, 1.807) is 7.11 Å². The van der Waals surface area contributed by atoms with Crippen LogP contribution in [0.3, 0.4) is 0 Å². The van der Waals surface area contributed by atoms with E-state index in [1.165, 1.54) is 0 Å². The highest BCUT2D eigenvalue weighted by atomic mass is 16.5. The summed E-state index contributed by atoms with van der Waals surface area (Å²) in [5.74, 6) is 1.77. The maximum atomic E-state index is 6.24. The second kappa shape index (κ2) is 5.46. The van der Waals surface area contributed by atoms with Crippen molar-refractivity contribution in [1.82, 2.24) is 9.55 Å². The van der Waals surface area contributed by atoms with Crippen LogP contribution >= 0.6 is 0 Å². The molecule has 0 radical (unpaired) electrons. The standard InChI is InChI=1S/C18H21N3O/c1-18(2,19)12-21-16-7-5-4-6-15(16)20-17(21)13-8-10-14(22-3)11-9-13/h4-11H,12,19H2,1-3H3. The number of imidazole rings is 1. The average Bonchev–Trinajstić information content (AvgIpc) is 2.84. The number of fused-ring (bicyclic) bond motifs is 1. The monoisotopic (exact) mass is 295 g/mol. The van der Waals surface area contributed by atoms with Crippen LogP contribution in [0.15, 0.2) is 48.5 Å². The smallest absolute Gasteiger partial charge is 0.141 e. The van der Waals surface area contributed by atoms with Gasteiger partial charge in [-0.3, -0.25) is 0 Å². The van der Waals surface area contributed by atoms with Crippen LogP contribution < -0.4 is 10.5 Å². The van der Waals surface area contributed by atoms with Crippen LogP contribution in [0.4, 0.5) is 0 Å². The maximum absolute atomic E-state index is 6.24.